The van der Waals surface area contributed by atoms with E-state index in [1.54, 1.807) is 6.07 Å². The lowest BCUT2D eigenvalue weighted by molar-refractivity contribution is 0.172. The third-order valence-corrected chi connectivity index (χ3v) is 4.23. The molecule has 1 saturated heterocycles. The molecule has 0 atom stereocenters. The van der Waals surface area contributed by atoms with Gasteiger partial charge in [-0.05, 0) is 69.6 Å². The number of aromatic hydroxyl groups is 1. The molecular weight excluding hydrogens is 260 g/mol. The zero-order valence-corrected chi connectivity index (χ0v) is 12.3. The molecule has 106 valence electrons. The summed E-state index contributed by atoms with van der Waals surface area (Å²) in [6.07, 6.45) is 3.86. The van der Waals surface area contributed by atoms with Gasteiger partial charge in [0.05, 0.1) is 5.02 Å². The molecule has 0 bridgehead atoms. The SMILES string of the molecule is CNCCC1CCN(Cc2ccc(O)c(Cl)c2)CC1. The van der Waals surface area contributed by atoms with Gasteiger partial charge in [-0.3, -0.25) is 4.90 Å². The molecule has 2 rings (SSSR count). The first-order valence-electron chi connectivity index (χ1n) is 7.03. The minimum Gasteiger partial charge on any atom is -0.506 e. The fourth-order valence-electron chi connectivity index (χ4n) is 2.69. The van der Waals surface area contributed by atoms with Crippen LogP contribution in [0, 0.1) is 5.92 Å². The van der Waals surface area contributed by atoms with E-state index in [-0.39, 0.29) is 5.75 Å². The van der Waals surface area contributed by atoms with Crippen LogP contribution in [0.5, 0.6) is 5.75 Å². The van der Waals surface area contributed by atoms with Crippen LogP contribution in [0.3, 0.4) is 0 Å². The summed E-state index contributed by atoms with van der Waals surface area (Å²) in [6.45, 7) is 4.37. The van der Waals surface area contributed by atoms with E-state index in [1.165, 1.54) is 24.8 Å². The Hall–Kier alpha value is -0.770. The molecule has 2 N–H and O–H groups in total. The highest BCUT2D eigenvalue weighted by atomic mass is 35.5. The quantitative estimate of drug-likeness (QED) is 0.872. The predicted octanol–water partition coefficient (Wildman–Crippen LogP) is 2.87. The van der Waals surface area contributed by atoms with Crippen molar-refractivity contribution in [1.82, 2.24) is 10.2 Å². The Morgan fingerprint density at radius 3 is 2.74 bits per heavy atom. The van der Waals surface area contributed by atoms with Crippen molar-refractivity contribution in [3.63, 3.8) is 0 Å². The lowest BCUT2D eigenvalue weighted by Crippen LogP contribution is -2.34. The summed E-state index contributed by atoms with van der Waals surface area (Å²) in [5, 5.41) is 13.1. The molecule has 0 aromatic heterocycles. The number of piperidine rings is 1. The zero-order valence-electron chi connectivity index (χ0n) is 11.5. The number of nitrogens with one attached hydrogen (secondary N) is 1. The Kier molecular flexibility index (Phi) is 5.49. The molecule has 0 spiro atoms. The van der Waals surface area contributed by atoms with Crippen molar-refractivity contribution in [2.45, 2.75) is 25.8 Å². The molecule has 19 heavy (non-hydrogen) atoms. The van der Waals surface area contributed by atoms with Gasteiger partial charge in [-0.1, -0.05) is 17.7 Å². The number of likely N-dealkylation sites (tertiary alicyclic amines) is 1. The highest BCUT2D eigenvalue weighted by Gasteiger charge is 2.18. The van der Waals surface area contributed by atoms with E-state index >= 15 is 0 Å². The minimum atomic E-state index is 0.163. The van der Waals surface area contributed by atoms with Crippen LogP contribution in [0.15, 0.2) is 18.2 Å². The Morgan fingerprint density at radius 1 is 1.37 bits per heavy atom. The van der Waals surface area contributed by atoms with Crippen molar-refractivity contribution in [1.29, 1.82) is 0 Å². The van der Waals surface area contributed by atoms with Crippen LogP contribution in [-0.2, 0) is 6.54 Å². The van der Waals surface area contributed by atoms with Crippen molar-refractivity contribution in [2.24, 2.45) is 5.92 Å². The third kappa shape index (κ3) is 4.37. The van der Waals surface area contributed by atoms with Gasteiger partial charge in [-0.2, -0.15) is 0 Å². The molecular formula is C15H23ClN2O. The maximum absolute atomic E-state index is 9.42. The van der Waals surface area contributed by atoms with Crippen LogP contribution in [0.25, 0.3) is 0 Å². The summed E-state index contributed by atoms with van der Waals surface area (Å²) in [5.41, 5.74) is 1.18. The number of rotatable bonds is 5. The van der Waals surface area contributed by atoms with Crippen molar-refractivity contribution >= 4 is 11.6 Å². The molecule has 1 aliphatic rings. The summed E-state index contributed by atoms with van der Waals surface area (Å²) >= 11 is 5.94. The molecule has 4 heteroatoms. The maximum atomic E-state index is 9.42. The molecule has 0 radical (unpaired) electrons. The number of phenolic OH excluding ortho intramolecular Hbond substituents is 1. The Morgan fingerprint density at radius 2 is 2.11 bits per heavy atom. The van der Waals surface area contributed by atoms with Crippen LogP contribution < -0.4 is 5.32 Å². The van der Waals surface area contributed by atoms with E-state index in [0.29, 0.717) is 5.02 Å². The third-order valence-electron chi connectivity index (χ3n) is 3.93. The lowest BCUT2D eigenvalue weighted by Gasteiger charge is -2.32. The van der Waals surface area contributed by atoms with Crippen molar-refractivity contribution < 1.29 is 5.11 Å². The number of nitrogens with zero attached hydrogens (tertiary/aromatic N) is 1. The van der Waals surface area contributed by atoms with Gasteiger partial charge in [0.15, 0.2) is 0 Å². The molecule has 1 fully saturated rings. The Balaban J connectivity index is 1.80. The zero-order chi connectivity index (χ0) is 13.7. The number of halogens is 1. The average molecular weight is 283 g/mol. The maximum Gasteiger partial charge on any atom is 0.134 e. The second-order valence-corrected chi connectivity index (χ2v) is 5.80. The first-order valence-corrected chi connectivity index (χ1v) is 7.41. The average Bonchev–Trinajstić information content (AvgIpc) is 2.42. The van der Waals surface area contributed by atoms with E-state index in [2.05, 4.69) is 10.2 Å². The van der Waals surface area contributed by atoms with Gasteiger partial charge < -0.3 is 10.4 Å². The Labute approximate surface area is 120 Å². The van der Waals surface area contributed by atoms with Crippen LogP contribution in [0.1, 0.15) is 24.8 Å². The normalized spacial score (nSPS) is 17.8. The predicted molar refractivity (Wildman–Crippen MR) is 79.7 cm³/mol. The number of hydrogen-bond donors (Lipinski definition) is 2. The lowest BCUT2D eigenvalue weighted by atomic mass is 9.93. The molecule has 1 heterocycles. The van der Waals surface area contributed by atoms with Crippen LogP contribution >= 0.6 is 11.6 Å². The second kappa shape index (κ2) is 7.13. The summed E-state index contributed by atoms with van der Waals surface area (Å²) < 4.78 is 0. The first-order chi connectivity index (χ1) is 9.19. The highest BCUT2D eigenvalue weighted by Crippen LogP contribution is 2.26. The van der Waals surface area contributed by atoms with Gasteiger partial charge in [0.2, 0.25) is 0 Å². The fourth-order valence-corrected chi connectivity index (χ4v) is 2.89. The molecule has 1 aromatic carbocycles. The van der Waals surface area contributed by atoms with E-state index in [9.17, 15) is 5.11 Å². The summed E-state index contributed by atoms with van der Waals surface area (Å²) in [5.74, 6) is 1.03. The van der Waals surface area contributed by atoms with Crippen LogP contribution in [-0.4, -0.2) is 36.7 Å². The molecule has 1 aliphatic heterocycles. The van der Waals surface area contributed by atoms with Gasteiger partial charge in [0.25, 0.3) is 0 Å². The van der Waals surface area contributed by atoms with Gasteiger partial charge in [0, 0.05) is 6.54 Å². The van der Waals surface area contributed by atoms with E-state index < -0.39 is 0 Å². The molecule has 0 amide bonds. The fraction of sp³-hybridized carbons (Fsp3) is 0.600. The number of benzene rings is 1. The van der Waals surface area contributed by atoms with Gasteiger partial charge in [-0.15, -0.1) is 0 Å². The summed E-state index contributed by atoms with van der Waals surface area (Å²) in [6, 6.07) is 5.50. The molecule has 0 unspecified atom stereocenters. The van der Waals surface area contributed by atoms with Crippen LogP contribution in [0.2, 0.25) is 5.02 Å². The Bertz CT molecular complexity index is 403. The van der Waals surface area contributed by atoms with E-state index in [1.807, 2.05) is 19.2 Å². The molecule has 0 saturated carbocycles. The van der Waals surface area contributed by atoms with Crippen molar-refractivity contribution in [3.05, 3.63) is 28.8 Å². The monoisotopic (exact) mass is 282 g/mol. The number of phenols is 1. The van der Waals surface area contributed by atoms with Crippen molar-refractivity contribution in [3.8, 4) is 5.75 Å². The van der Waals surface area contributed by atoms with Crippen LogP contribution in [0.4, 0.5) is 0 Å². The number of hydrogen-bond acceptors (Lipinski definition) is 3. The van der Waals surface area contributed by atoms with E-state index in [0.717, 1.165) is 32.1 Å². The smallest absolute Gasteiger partial charge is 0.134 e. The van der Waals surface area contributed by atoms with Crippen molar-refractivity contribution in [2.75, 3.05) is 26.7 Å². The first kappa shape index (κ1) is 14.6. The van der Waals surface area contributed by atoms with Gasteiger partial charge in [0.1, 0.15) is 5.75 Å². The minimum absolute atomic E-state index is 0.163. The highest BCUT2D eigenvalue weighted by molar-refractivity contribution is 6.32. The van der Waals surface area contributed by atoms with Gasteiger partial charge in [-0.25, -0.2) is 0 Å². The van der Waals surface area contributed by atoms with E-state index in [4.69, 9.17) is 11.6 Å². The molecule has 0 aliphatic carbocycles. The largest absolute Gasteiger partial charge is 0.506 e. The standard InChI is InChI=1S/C15H23ClN2O/c1-17-7-4-12-5-8-18(9-6-12)11-13-2-3-15(19)14(16)10-13/h2-3,10,12,17,19H,4-9,11H2,1H3. The van der Waals surface area contributed by atoms with Gasteiger partial charge >= 0.3 is 0 Å². The molecule has 3 nitrogen and oxygen atoms in total. The topological polar surface area (TPSA) is 35.5 Å². The summed E-state index contributed by atoms with van der Waals surface area (Å²) in [4.78, 5) is 2.47. The second-order valence-electron chi connectivity index (χ2n) is 5.40. The summed E-state index contributed by atoms with van der Waals surface area (Å²) in [7, 11) is 2.02. The molecule has 1 aromatic rings.